The monoisotopic (exact) mass is 287 g/mol. The predicted molar refractivity (Wildman–Crippen MR) is 81.1 cm³/mol. The van der Waals surface area contributed by atoms with Crippen LogP contribution in [0.1, 0.15) is 31.2 Å². The van der Waals surface area contributed by atoms with E-state index in [-0.39, 0.29) is 18.0 Å². The molecular formula is C16H21N3O2. The molecule has 2 fully saturated rings. The summed E-state index contributed by atoms with van der Waals surface area (Å²) in [5.41, 5.74) is 1.91. The fourth-order valence-corrected chi connectivity index (χ4v) is 2.64. The summed E-state index contributed by atoms with van der Waals surface area (Å²) in [5.74, 6) is -0.00550. The lowest BCUT2D eigenvalue weighted by Crippen LogP contribution is -2.47. The summed E-state index contributed by atoms with van der Waals surface area (Å²) in [6, 6.07) is 7.49. The molecule has 21 heavy (non-hydrogen) atoms. The normalized spacial score (nSPS) is 21.2. The maximum atomic E-state index is 12.4. The van der Waals surface area contributed by atoms with Crippen LogP contribution >= 0.6 is 0 Å². The Kier molecular flexibility index (Phi) is 3.82. The fraction of sp³-hybridized carbons (Fsp3) is 0.500. The molecule has 1 saturated carbocycles. The van der Waals surface area contributed by atoms with E-state index in [9.17, 15) is 9.59 Å². The lowest BCUT2D eigenvalue weighted by Gasteiger charge is -2.24. The average Bonchev–Trinajstić information content (AvgIpc) is 3.13. The number of hydrogen-bond donors (Lipinski definition) is 2. The molecule has 1 saturated heterocycles. The van der Waals surface area contributed by atoms with Gasteiger partial charge in [0.2, 0.25) is 5.91 Å². The van der Waals surface area contributed by atoms with Crippen LogP contribution in [0.3, 0.4) is 0 Å². The Bertz CT molecular complexity index is 537. The molecule has 5 nitrogen and oxygen atoms in total. The van der Waals surface area contributed by atoms with Crippen LogP contribution in [0, 0.1) is 6.92 Å². The molecule has 1 atom stereocenters. The van der Waals surface area contributed by atoms with Crippen LogP contribution in [0.25, 0.3) is 0 Å². The topological polar surface area (TPSA) is 61.4 Å². The van der Waals surface area contributed by atoms with Crippen molar-refractivity contribution in [1.82, 2.24) is 10.2 Å². The summed E-state index contributed by atoms with van der Waals surface area (Å²) in [6.45, 7) is 2.64. The SMILES string of the molecule is Cc1ccc(NC(=O)N2CCCC2C(=O)NC2CC2)cc1. The molecule has 3 amide bonds. The first kappa shape index (κ1) is 13.9. The number of urea groups is 1. The quantitative estimate of drug-likeness (QED) is 0.896. The van der Waals surface area contributed by atoms with Crippen LogP contribution in [-0.4, -0.2) is 35.5 Å². The number of benzene rings is 1. The molecule has 2 aliphatic rings. The molecule has 1 unspecified atom stereocenters. The predicted octanol–water partition coefficient (Wildman–Crippen LogP) is 2.27. The Morgan fingerprint density at radius 1 is 1.14 bits per heavy atom. The first-order valence-electron chi connectivity index (χ1n) is 7.58. The number of aryl methyl sites for hydroxylation is 1. The zero-order valence-corrected chi connectivity index (χ0v) is 12.3. The molecule has 1 aliphatic carbocycles. The van der Waals surface area contributed by atoms with Crippen LogP contribution in [-0.2, 0) is 4.79 Å². The van der Waals surface area contributed by atoms with Crippen LogP contribution in [0.5, 0.6) is 0 Å². The van der Waals surface area contributed by atoms with E-state index < -0.39 is 0 Å². The van der Waals surface area contributed by atoms with Gasteiger partial charge in [0.25, 0.3) is 0 Å². The highest BCUT2D eigenvalue weighted by Crippen LogP contribution is 2.23. The fourth-order valence-electron chi connectivity index (χ4n) is 2.64. The lowest BCUT2D eigenvalue weighted by molar-refractivity contribution is -0.124. The smallest absolute Gasteiger partial charge is 0.322 e. The van der Waals surface area contributed by atoms with E-state index in [4.69, 9.17) is 0 Å². The maximum Gasteiger partial charge on any atom is 0.322 e. The Balaban J connectivity index is 1.62. The Morgan fingerprint density at radius 3 is 2.52 bits per heavy atom. The third-order valence-electron chi connectivity index (χ3n) is 4.04. The van der Waals surface area contributed by atoms with Gasteiger partial charge in [0.05, 0.1) is 0 Å². The van der Waals surface area contributed by atoms with E-state index in [1.807, 2.05) is 31.2 Å². The standard InChI is InChI=1S/C16H21N3O2/c1-11-4-6-13(7-5-11)18-16(21)19-10-2-3-14(19)15(20)17-12-8-9-12/h4-7,12,14H,2-3,8-10H2,1H3,(H,17,20)(H,18,21). The number of anilines is 1. The van der Waals surface area contributed by atoms with Crippen LogP contribution in [0.2, 0.25) is 0 Å². The number of likely N-dealkylation sites (tertiary alicyclic amines) is 1. The molecule has 1 aromatic carbocycles. The third kappa shape index (κ3) is 3.35. The van der Waals surface area contributed by atoms with Gasteiger partial charge < -0.3 is 15.5 Å². The summed E-state index contributed by atoms with van der Waals surface area (Å²) in [7, 11) is 0. The Hall–Kier alpha value is -2.04. The first-order chi connectivity index (χ1) is 10.1. The van der Waals surface area contributed by atoms with E-state index in [0.29, 0.717) is 12.6 Å². The molecule has 0 spiro atoms. The highest BCUT2D eigenvalue weighted by Gasteiger charge is 2.36. The molecule has 2 N–H and O–H groups in total. The van der Waals surface area contributed by atoms with Crippen molar-refractivity contribution in [2.24, 2.45) is 0 Å². The third-order valence-corrected chi connectivity index (χ3v) is 4.04. The van der Waals surface area contributed by atoms with Gasteiger partial charge in [-0.05, 0) is 44.7 Å². The van der Waals surface area contributed by atoms with E-state index in [2.05, 4.69) is 10.6 Å². The number of carbonyl (C=O) groups is 2. The Labute approximate surface area is 124 Å². The molecule has 0 radical (unpaired) electrons. The van der Waals surface area contributed by atoms with Crippen molar-refractivity contribution in [3.8, 4) is 0 Å². The van der Waals surface area contributed by atoms with Gasteiger partial charge in [-0.25, -0.2) is 4.79 Å². The van der Waals surface area contributed by atoms with E-state index in [0.717, 1.165) is 36.9 Å². The van der Waals surface area contributed by atoms with Crippen molar-refractivity contribution in [3.05, 3.63) is 29.8 Å². The van der Waals surface area contributed by atoms with Crippen LogP contribution in [0.4, 0.5) is 10.5 Å². The number of carbonyl (C=O) groups excluding carboxylic acids is 2. The molecule has 0 aromatic heterocycles. The molecule has 1 heterocycles. The van der Waals surface area contributed by atoms with Crippen molar-refractivity contribution in [3.63, 3.8) is 0 Å². The zero-order chi connectivity index (χ0) is 14.8. The van der Waals surface area contributed by atoms with Crippen molar-refractivity contribution in [1.29, 1.82) is 0 Å². The summed E-state index contributed by atoms with van der Waals surface area (Å²) < 4.78 is 0. The van der Waals surface area contributed by atoms with Crippen molar-refractivity contribution in [2.75, 3.05) is 11.9 Å². The van der Waals surface area contributed by atoms with Crippen LogP contribution < -0.4 is 10.6 Å². The summed E-state index contributed by atoms with van der Waals surface area (Å²) in [4.78, 5) is 26.2. The molecule has 0 bridgehead atoms. The molecular weight excluding hydrogens is 266 g/mol. The van der Waals surface area contributed by atoms with Gasteiger partial charge in [0.15, 0.2) is 0 Å². The molecule has 3 rings (SSSR count). The minimum absolute atomic E-state index is 0.00550. The Morgan fingerprint density at radius 2 is 1.86 bits per heavy atom. The summed E-state index contributed by atoms with van der Waals surface area (Å²) in [5, 5.41) is 5.86. The molecule has 1 aromatic rings. The van der Waals surface area contributed by atoms with Crippen LogP contribution in [0.15, 0.2) is 24.3 Å². The maximum absolute atomic E-state index is 12.4. The minimum Gasteiger partial charge on any atom is -0.352 e. The van der Waals surface area contributed by atoms with Gasteiger partial charge in [-0.15, -0.1) is 0 Å². The summed E-state index contributed by atoms with van der Waals surface area (Å²) >= 11 is 0. The second-order valence-corrected chi connectivity index (χ2v) is 5.93. The largest absolute Gasteiger partial charge is 0.352 e. The van der Waals surface area contributed by atoms with Crippen molar-refractivity contribution >= 4 is 17.6 Å². The van der Waals surface area contributed by atoms with Gasteiger partial charge in [-0.3, -0.25) is 4.79 Å². The van der Waals surface area contributed by atoms with Crippen molar-refractivity contribution in [2.45, 2.75) is 44.7 Å². The van der Waals surface area contributed by atoms with Crippen molar-refractivity contribution < 1.29 is 9.59 Å². The van der Waals surface area contributed by atoms with Gasteiger partial charge in [-0.2, -0.15) is 0 Å². The number of nitrogens with one attached hydrogen (secondary N) is 2. The van der Waals surface area contributed by atoms with E-state index in [1.54, 1.807) is 4.90 Å². The minimum atomic E-state index is -0.323. The van der Waals surface area contributed by atoms with E-state index in [1.165, 1.54) is 0 Å². The lowest BCUT2D eigenvalue weighted by atomic mass is 10.2. The number of hydrogen-bond acceptors (Lipinski definition) is 2. The molecule has 112 valence electrons. The molecule has 1 aliphatic heterocycles. The zero-order valence-electron chi connectivity index (χ0n) is 12.3. The molecule has 5 heteroatoms. The number of nitrogens with zero attached hydrogens (tertiary/aromatic N) is 1. The van der Waals surface area contributed by atoms with Gasteiger partial charge in [-0.1, -0.05) is 17.7 Å². The van der Waals surface area contributed by atoms with Gasteiger partial charge >= 0.3 is 6.03 Å². The number of rotatable bonds is 3. The summed E-state index contributed by atoms with van der Waals surface area (Å²) in [6.07, 6.45) is 3.76. The second-order valence-electron chi connectivity index (χ2n) is 5.93. The highest BCUT2D eigenvalue weighted by atomic mass is 16.2. The second kappa shape index (κ2) is 5.76. The van der Waals surface area contributed by atoms with E-state index >= 15 is 0 Å². The highest BCUT2D eigenvalue weighted by molar-refractivity contribution is 5.94. The number of amides is 3. The van der Waals surface area contributed by atoms with Gasteiger partial charge in [0.1, 0.15) is 6.04 Å². The average molecular weight is 287 g/mol. The van der Waals surface area contributed by atoms with Gasteiger partial charge in [0, 0.05) is 18.3 Å². The first-order valence-corrected chi connectivity index (χ1v) is 7.58.